The Morgan fingerprint density at radius 2 is 1.74 bits per heavy atom. The maximum atomic E-state index is 13.0. The van der Waals surface area contributed by atoms with E-state index in [-0.39, 0.29) is 23.1 Å². The van der Waals surface area contributed by atoms with Crippen LogP contribution in [0, 0.1) is 6.92 Å². The Bertz CT molecular complexity index is 1690. The second kappa shape index (κ2) is 9.35. The van der Waals surface area contributed by atoms with E-state index in [1.807, 2.05) is 0 Å². The molecule has 0 aliphatic rings. The van der Waals surface area contributed by atoms with E-state index in [2.05, 4.69) is 35.2 Å². The number of aromatic nitrogens is 6. The third-order valence-corrected chi connectivity index (χ3v) is 5.70. The third-order valence-electron chi connectivity index (χ3n) is 5.70. The quantitative estimate of drug-likeness (QED) is 0.314. The number of rotatable bonds is 4. The van der Waals surface area contributed by atoms with Crippen molar-refractivity contribution < 1.29 is 23.1 Å². The number of carbonyl (C=O) groups is 1. The van der Waals surface area contributed by atoms with Crippen molar-refractivity contribution in [1.82, 2.24) is 29.9 Å². The third kappa shape index (κ3) is 4.64. The summed E-state index contributed by atoms with van der Waals surface area (Å²) in [6.07, 6.45) is 1.90. The highest BCUT2D eigenvalue weighted by Crippen LogP contribution is 2.43. The number of benzene rings is 2. The SMILES string of the molecule is Cc1ccc(C(=O)Nc2cc(C(F)(F)F)ncn2)cc1-c1cc2cnc(N)nc2c(-c2cncnc2)c1O. The number of fused-ring (bicyclic) bond motifs is 1. The Balaban J connectivity index is 1.60. The number of halogens is 3. The smallest absolute Gasteiger partial charge is 0.433 e. The topological polar surface area (TPSA) is 153 Å². The average Bonchev–Trinajstić information content (AvgIpc) is 2.89. The average molecular weight is 518 g/mol. The summed E-state index contributed by atoms with van der Waals surface area (Å²) in [6.45, 7) is 1.78. The highest BCUT2D eigenvalue weighted by atomic mass is 19.4. The molecule has 0 saturated heterocycles. The van der Waals surface area contributed by atoms with E-state index in [9.17, 15) is 23.1 Å². The molecule has 38 heavy (non-hydrogen) atoms. The monoisotopic (exact) mass is 518 g/mol. The van der Waals surface area contributed by atoms with Crippen LogP contribution in [0.1, 0.15) is 21.6 Å². The number of aromatic hydroxyl groups is 1. The first kappa shape index (κ1) is 24.5. The molecule has 5 rings (SSSR count). The molecule has 0 bridgehead atoms. The van der Waals surface area contributed by atoms with Crippen molar-refractivity contribution in [3.05, 3.63) is 78.4 Å². The number of hydrogen-bond acceptors (Lipinski definition) is 9. The van der Waals surface area contributed by atoms with Gasteiger partial charge in [-0.05, 0) is 36.2 Å². The normalized spacial score (nSPS) is 11.5. The Hall–Kier alpha value is -5.20. The van der Waals surface area contributed by atoms with E-state index in [0.717, 1.165) is 6.33 Å². The lowest BCUT2D eigenvalue weighted by Gasteiger charge is -2.16. The molecule has 0 radical (unpaired) electrons. The lowest BCUT2D eigenvalue weighted by molar-refractivity contribution is -0.141. The molecular weight excluding hydrogens is 501 g/mol. The number of nitrogens with two attached hydrogens (primary N) is 1. The van der Waals surface area contributed by atoms with E-state index in [4.69, 9.17) is 5.73 Å². The number of hydrogen-bond donors (Lipinski definition) is 3. The van der Waals surface area contributed by atoms with Gasteiger partial charge in [-0.3, -0.25) is 4.79 Å². The molecule has 1 amide bonds. The molecule has 0 unspecified atom stereocenters. The van der Waals surface area contributed by atoms with Crippen LogP contribution in [0.4, 0.5) is 24.9 Å². The number of aryl methyl sites for hydroxylation is 1. The molecule has 0 atom stereocenters. The summed E-state index contributed by atoms with van der Waals surface area (Å²) in [4.78, 5) is 36.2. The van der Waals surface area contributed by atoms with Crippen molar-refractivity contribution in [2.24, 2.45) is 0 Å². The molecule has 13 heteroatoms. The Morgan fingerprint density at radius 3 is 2.47 bits per heavy atom. The molecule has 0 spiro atoms. The molecule has 0 aliphatic carbocycles. The van der Waals surface area contributed by atoms with Crippen molar-refractivity contribution in [2.45, 2.75) is 13.1 Å². The summed E-state index contributed by atoms with van der Waals surface area (Å²) in [5.41, 5.74) is 7.47. The van der Waals surface area contributed by atoms with Gasteiger partial charge in [0.1, 0.15) is 29.9 Å². The number of phenols is 1. The molecule has 5 aromatic rings. The van der Waals surface area contributed by atoms with Crippen LogP contribution in [0.15, 0.2) is 61.6 Å². The van der Waals surface area contributed by atoms with Gasteiger partial charge >= 0.3 is 6.18 Å². The minimum Gasteiger partial charge on any atom is -0.507 e. The van der Waals surface area contributed by atoms with Crippen LogP contribution in [0.3, 0.4) is 0 Å². The number of nitrogens with one attached hydrogen (secondary N) is 1. The highest BCUT2D eigenvalue weighted by molar-refractivity contribution is 6.06. The van der Waals surface area contributed by atoms with Gasteiger partial charge in [0.05, 0.1) is 11.1 Å². The summed E-state index contributed by atoms with van der Waals surface area (Å²) in [5, 5.41) is 14.3. The fourth-order valence-corrected chi connectivity index (χ4v) is 3.91. The van der Waals surface area contributed by atoms with Gasteiger partial charge in [-0.1, -0.05) is 6.07 Å². The van der Waals surface area contributed by atoms with Crippen molar-refractivity contribution >= 4 is 28.6 Å². The highest BCUT2D eigenvalue weighted by Gasteiger charge is 2.33. The molecule has 3 aromatic heterocycles. The van der Waals surface area contributed by atoms with Crippen LogP contribution in [0.2, 0.25) is 0 Å². The van der Waals surface area contributed by atoms with E-state index in [0.29, 0.717) is 44.8 Å². The maximum Gasteiger partial charge on any atom is 0.433 e. The van der Waals surface area contributed by atoms with E-state index in [1.165, 1.54) is 37.1 Å². The zero-order valence-corrected chi connectivity index (χ0v) is 19.5. The number of nitrogens with zero attached hydrogens (tertiary/aromatic N) is 6. The van der Waals surface area contributed by atoms with Gasteiger partial charge in [-0.15, -0.1) is 0 Å². The van der Waals surface area contributed by atoms with Crippen LogP contribution in [0.5, 0.6) is 5.75 Å². The summed E-state index contributed by atoms with van der Waals surface area (Å²) in [7, 11) is 0. The molecule has 4 N–H and O–H groups in total. The molecule has 0 saturated carbocycles. The molecule has 10 nitrogen and oxygen atoms in total. The summed E-state index contributed by atoms with van der Waals surface area (Å²) < 4.78 is 39.0. The number of phenolic OH excluding ortho intramolecular Hbond substituents is 1. The van der Waals surface area contributed by atoms with Gasteiger partial charge in [0.2, 0.25) is 5.95 Å². The van der Waals surface area contributed by atoms with E-state index < -0.39 is 17.8 Å². The predicted octanol–water partition coefficient (Wildman–Crippen LogP) is 4.41. The summed E-state index contributed by atoms with van der Waals surface area (Å²) in [6, 6.07) is 6.97. The number of anilines is 2. The zero-order chi connectivity index (χ0) is 27.0. The number of carbonyl (C=O) groups excluding carboxylic acids is 1. The number of amides is 1. The van der Waals surface area contributed by atoms with Crippen molar-refractivity contribution in [3.63, 3.8) is 0 Å². The second-order valence-corrected chi connectivity index (χ2v) is 8.21. The summed E-state index contributed by atoms with van der Waals surface area (Å²) in [5.74, 6) is -1.16. The summed E-state index contributed by atoms with van der Waals surface area (Å²) >= 11 is 0. The van der Waals surface area contributed by atoms with Crippen LogP contribution < -0.4 is 11.1 Å². The van der Waals surface area contributed by atoms with Crippen LogP contribution >= 0.6 is 0 Å². The maximum absolute atomic E-state index is 13.0. The van der Waals surface area contributed by atoms with Crippen LogP contribution in [-0.4, -0.2) is 40.9 Å². The standard InChI is InChI=1S/C25H17F3N8O2/c1-12-2-3-13(23(38)35-19-6-18(25(26,27)28)33-11-34-19)4-16(12)17-5-14-9-32-24(29)36-21(14)20(22(17)37)15-7-30-10-31-8-15/h2-11,37H,1H3,(H2,29,32,36)(H,33,34,35,38). The molecule has 0 aliphatic heterocycles. The van der Waals surface area contributed by atoms with Crippen molar-refractivity contribution in [1.29, 1.82) is 0 Å². The number of nitrogen functional groups attached to an aromatic ring is 1. The molecule has 0 fully saturated rings. The number of alkyl halides is 3. The fourth-order valence-electron chi connectivity index (χ4n) is 3.91. The lowest BCUT2D eigenvalue weighted by Crippen LogP contribution is -2.15. The van der Waals surface area contributed by atoms with Crippen LogP contribution in [-0.2, 0) is 6.18 Å². The Kier molecular flexibility index (Phi) is 6.03. The van der Waals surface area contributed by atoms with Gasteiger partial charge in [0.15, 0.2) is 0 Å². The molecule has 2 aromatic carbocycles. The predicted molar refractivity (Wildman–Crippen MR) is 132 cm³/mol. The van der Waals surface area contributed by atoms with Gasteiger partial charge in [0.25, 0.3) is 5.91 Å². The lowest BCUT2D eigenvalue weighted by atomic mass is 9.92. The fraction of sp³-hybridized carbons (Fsp3) is 0.0800. The van der Waals surface area contributed by atoms with Gasteiger partial charge < -0.3 is 16.2 Å². The first-order valence-corrected chi connectivity index (χ1v) is 11.0. The van der Waals surface area contributed by atoms with Gasteiger partial charge in [0, 0.05) is 46.7 Å². The van der Waals surface area contributed by atoms with E-state index in [1.54, 1.807) is 19.1 Å². The largest absolute Gasteiger partial charge is 0.507 e. The Labute approximate surface area is 212 Å². The van der Waals surface area contributed by atoms with Crippen LogP contribution in [0.25, 0.3) is 33.2 Å². The second-order valence-electron chi connectivity index (χ2n) is 8.21. The van der Waals surface area contributed by atoms with Crippen molar-refractivity contribution in [2.75, 3.05) is 11.1 Å². The van der Waals surface area contributed by atoms with E-state index >= 15 is 0 Å². The minimum atomic E-state index is -4.69. The Morgan fingerprint density at radius 1 is 0.974 bits per heavy atom. The molecule has 3 heterocycles. The van der Waals surface area contributed by atoms with Gasteiger partial charge in [-0.25, -0.2) is 29.9 Å². The molecular formula is C25H17F3N8O2. The van der Waals surface area contributed by atoms with Gasteiger partial charge in [-0.2, -0.15) is 13.2 Å². The molecule has 190 valence electrons. The first-order valence-electron chi connectivity index (χ1n) is 11.0. The first-order chi connectivity index (χ1) is 18.1. The zero-order valence-electron chi connectivity index (χ0n) is 19.5. The minimum absolute atomic E-state index is 0.0102. The van der Waals surface area contributed by atoms with Crippen molar-refractivity contribution in [3.8, 4) is 28.0 Å².